The lowest BCUT2D eigenvalue weighted by Crippen LogP contribution is -1.96. The third-order valence-electron chi connectivity index (χ3n) is 2.03. The molecule has 0 saturated carbocycles. The van der Waals surface area contributed by atoms with Crippen molar-refractivity contribution in [2.75, 3.05) is 13.7 Å². The van der Waals surface area contributed by atoms with Crippen LogP contribution in [0.2, 0.25) is 0 Å². The summed E-state index contributed by atoms with van der Waals surface area (Å²) >= 11 is 0. The molecule has 78 valence electrons. The molecule has 0 aliphatic heterocycles. The minimum absolute atomic E-state index is 0.164. The summed E-state index contributed by atoms with van der Waals surface area (Å²) in [5.74, 6) is -0.236. The smallest absolute Gasteiger partial charge is 0.128 e. The predicted molar refractivity (Wildman–Crippen MR) is 52.5 cm³/mol. The average Bonchev–Trinajstić information content (AvgIpc) is 2.19. The molecule has 0 atom stereocenters. The Balaban J connectivity index is 2.72. The van der Waals surface area contributed by atoms with Gasteiger partial charge in [-0.05, 0) is 24.5 Å². The Bertz CT molecular complexity index is 287. The van der Waals surface area contributed by atoms with Crippen LogP contribution in [0.3, 0.4) is 0 Å². The van der Waals surface area contributed by atoms with Gasteiger partial charge in [-0.3, -0.25) is 0 Å². The summed E-state index contributed by atoms with van der Waals surface area (Å²) in [5, 5.41) is 8.66. The van der Waals surface area contributed by atoms with Crippen molar-refractivity contribution in [3.05, 3.63) is 35.1 Å². The minimum atomic E-state index is -0.236. The Morgan fingerprint density at radius 3 is 2.86 bits per heavy atom. The Kier molecular flexibility index (Phi) is 4.56. The van der Waals surface area contributed by atoms with Gasteiger partial charge in [-0.1, -0.05) is 12.1 Å². The van der Waals surface area contributed by atoms with Gasteiger partial charge in [-0.25, -0.2) is 4.39 Å². The molecule has 0 spiro atoms. The van der Waals surface area contributed by atoms with Crippen molar-refractivity contribution >= 4 is 0 Å². The number of halogens is 1. The van der Waals surface area contributed by atoms with Crippen molar-refractivity contribution in [2.24, 2.45) is 0 Å². The zero-order valence-corrected chi connectivity index (χ0v) is 8.29. The summed E-state index contributed by atoms with van der Waals surface area (Å²) < 4.78 is 18.0. The highest BCUT2D eigenvalue weighted by Crippen LogP contribution is 2.12. The zero-order valence-electron chi connectivity index (χ0n) is 8.29. The molecule has 0 aromatic heterocycles. The molecule has 1 aromatic rings. The van der Waals surface area contributed by atoms with Crippen LogP contribution < -0.4 is 0 Å². The van der Waals surface area contributed by atoms with Crippen LogP contribution in [-0.4, -0.2) is 18.8 Å². The second-order valence-corrected chi connectivity index (χ2v) is 3.19. The maximum absolute atomic E-state index is 13.1. The fourth-order valence-corrected chi connectivity index (χ4v) is 1.33. The van der Waals surface area contributed by atoms with E-state index in [0.29, 0.717) is 18.6 Å². The van der Waals surface area contributed by atoms with Crippen LogP contribution in [0.4, 0.5) is 4.39 Å². The summed E-state index contributed by atoms with van der Waals surface area (Å²) in [6, 6.07) is 4.97. The largest absolute Gasteiger partial charge is 0.396 e. The first-order chi connectivity index (χ1) is 6.77. The Hall–Kier alpha value is -0.930. The Morgan fingerprint density at radius 1 is 1.43 bits per heavy atom. The van der Waals surface area contributed by atoms with Crippen molar-refractivity contribution in [3.8, 4) is 0 Å². The SMILES string of the molecule is COCc1cc(CCCO)ccc1F. The molecule has 0 radical (unpaired) electrons. The number of hydrogen-bond acceptors (Lipinski definition) is 2. The molecule has 2 nitrogen and oxygen atoms in total. The van der Waals surface area contributed by atoms with E-state index < -0.39 is 0 Å². The number of methoxy groups -OCH3 is 1. The van der Waals surface area contributed by atoms with Gasteiger partial charge in [0.25, 0.3) is 0 Å². The van der Waals surface area contributed by atoms with E-state index in [0.717, 1.165) is 12.0 Å². The molecule has 0 unspecified atom stereocenters. The Labute approximate surface area is 83.3 Å². The van der Waals surface area contributed by atoms with Crippen LogP contribution in [0.25, 0.3) is 0 Å². The fourth-order valence-electron chi connectivity index (χ4n) is 1.33. The molecule has 3 heteroatoms. The maximum atomic E-state index is 13.1. The van der Waals surface area contributed by atoms with Gasteiger partial charge in [0.05, 0.1) is 6.61 Å². The van der Waals surface area contributed by atoms with E-state index in [1.165, 1.54) is 6.07 Å². The van der Waals surface area contributed by atoms with Gasteiger partial charge in [0, 0.05) is 19.3 Å². The topological polar surface area (TPSA) is 29.5 Å². The molecule has 0 amide bonds. The van der Waals surface area contributed by atoms with Crippen LogP contribution in [0.5, 0.6) is 0 Å². The van der Waals surface area contributed by atoms with Gasteiger partial charge < -0.3 is 9.84 Å². The minimum Gasteiger partial charge on any atom is -0.396 e. The van der Waals surface area contributed by atoms with Crippen LogP contribution in [0.1, 0.15) is 17.5 Å². The van der Waals surface area contributed by atoms with E-state index in [-0.39, 0.29) is 12.4 Å². The van der Waals surface area contributed by atoms with Gasteiger partial charge >= 0.3 is 0 Å². The van der Waals surface area contributed by atoms with Crippen molar-refractivity contribution in [3.63, 3.8) is 0 Å². The number of ether oxygens (including phenoxy) is 1. The van der Waals surface area contributed by atoms with Gasteiger partial charge in [0.1, 0.15) is 5.82 Å². The summed E-state index contributed by atoms with van der Waals surface area (Å²) in [5.41, 5.74) is 1.61. The average molecular weight is 198 g/mol. The quantitative estimate of drug-likeness (QED) is 0.783. The molecule has 1 rings (SSSR count). The van der Waals surface area contributed by atoms with Crippen molar-refractivity contribution < 1.29 is 14.2 Å². The summed E-state index contributed by atoms with van der Waals surface area (Å²) in [4.78, 5) is 0. The number of rotatable bonds is 5. The highest BCUT2D eigenvalue weighted by molar-refractivity contribution is 5.24. The van der Waals surface area contributed by atoms with Gasteiger partial charge in [-0.2, -0.15) is 0 Å². The van der Waals surface area contributed by atoms with Crippen molar-refractivity contribution in [2.45, 2.75) is 19.4 Å². The lowest BCUT2D eigenvalue weighted by molar-refractivity contribution is 0.181. The number of benzene rings is 1. The summed E-state index contributed by atoms with van der Waals surface area (Å²) in [7, 11) is 1.54. The molecule has 1 aromatic carbocycles. The molecule has 0 bridgehead atoms. The third kappa shape index (κ3) is 3.09. The van der Waals surface area contributed by atoms with E-state index in [1.54, 1.807) is 19.2 Å². The van der Waals surface area contributed by atoms with E-state index >= 15 is 0 Å². The van der Waals surface area contributed by atoms with E-state index in [4.69, 9.17) is 9.84 Å². The molecule has 0 fully saturated rings. The maximum Gasteiger partial charge on any atom is 0.128 e. The van der Waals surface area contributed by atoms with Gasteiger partial charge in [-0.15, -0.1) is 0 Å². The second-order valence-electron chi connectivity index (χ2n) is 3.19. The molecule has 0 aliphatic carbocycles. The number of aliphatic hydroxyl groups excluding tert-OH is 1. The van der Waals surface area contributed by atoms with Crippen LogP contribution >= 0.6 is 0 Å². The van der Waals surface area contributed by atoms with Crippen LogP contribution in [0, 0.1) is 5.82 Å². The normalized spacial score (nSPS) is 10.5. The first-order valence-corrected chi connectivity index (χ1v) is 4.65. The van der Waals surface area contributed by atoms with Crippen LogP contribution in [-0.2, 0) is 17.8 Å². The van der Waals surface area contributed by atoms with E-state index in [1.807, 2.05) is 0 Å². The zero-order chi connectivity index (χ0) is 10.4. The predicted octanol–water partition coefficient (Wildman–Crippen LogP) is 1.90. The van der Waals surface area contributed by atoms with Crippen molar-refractivity contribution in [1.29, 1.82) is 0 Å². The summed E-state index contributed by atoms with van der Waals surface area (Å²) in [6.45, 7) is 0.454. The first-order valence-electron chi connectivity index (χ1n) is 4.65. The molecular weight excluding hydrogens is 183 g/mol. The molecule has 14 heavy (non-hydrogen) atoms. The third-order valence-corrected chi connectivity index (χ3v) is 2.03. The molecule has 0 heterocycles. The Morgan fingerprint density at radius 2 is 2.21 bits per heavy atom. The second kappa shape index (κ2) is 5.73. The molecule has 0 saturated heterocycles. The van der Waals surface area contributed by atoms with E-state index in [9.17, 15) is 4.39 Å². The van der Waals surface area contributed by atoms with Crippen molar-refractivity contribution in [1.82, 2.24) is 0 Å². The fraction of sp³-hybridized carbons (Fsp3) is 0.455. The lowest BCUT2D eigenvalue weighted by Gasteiger charge is -2.05. The number of aliphatic hydroxyl groups is 1. The molecular formula is C11H15FO2. The molecule has 0 aliphatic rings. The van der Waals surface area contributed by atoms with Crippen LogP contribution in [0.15, 0.2) is 18.2 Å². The van der Waals surface area contributed by atoms with E-state index in [2.05, 4.69) is 0 Å². The number of aryl methyl sites for hydroxylation is 1. The summed E-state index contributed by atoms with van der Waals surface area (Å²) in [6.07, 6.45) is 1.48. The first kappa shape index (κ1) is 11.1. The molecule has 1 N–H and O–H groups in total. The van der Waals surface area contributed by atoms with Gasteiger partial charge in [0.15, 0.2) is 0 Å². The standard InChI is InChI=1S/C11H15FO2/c1-14-8-10-7-9(3-2-6-13)4-5-11(10)12/h4-5,7,13H,2-3,6,8H2,1H3. The highest BCUT2D eigenvalue weighted by Gasteiger charge is 2.02. The highest BCUT2D eigenvalue weighted by atomic mass is 19.1. The number of hydrogen-bond donors (Lipinski definition) is 1. The lowest BCUT2D eigenvalue weighted by atomic mass is 10.1. The van der Waals surface area contributed by atoms with Gasteiger partial charge in [0.2, 0.25) is 0 Å². The monoisotopic (exact) mass is 198 g/mol.